The molecule has 45 heavy (non-hydrogen) atoms. The first-order valence-electron chi connectivity index (χ1n) is 16.4. The van der Waals surface area contributed by atoms with E-state index in [-0.39, 0.29) is 42.7 Å². The average Bonchev–Trinajstić information content (AvgIpc) is 3.42. The number of hydrogen-bond acceptors (Lipinski definition) is 8. The Bertz CT molecular complexity index is 1230. The van der Waals surface area contributed by atoms with Crippen molar-refractivity contribution in [2.24, 2.45) is 5.92 Å². The second-order valence-corrected chi connectivity index (χ2v) is 12.1. The van der Waals surface area contributed by atoms with Gasteiger partial charge in [0.2, 0.25) is 0 Å². The molecule has 3 aliphatic rings. The van der Waals surface area contributed by atoms with Gasteiger partial charge in [0.1, 0.15) is 5.75 Å². The molecule has 1 N–H and O–H groups in total. The first-order chi connectivity index (χ1) is 22.0. The van der Waals surface area contributed by atoms with Crippen molar-refractivity contribution in [1.82, 2.24) is 4.90 Å². The molecule has 2 aliphatic heterocycles. The Hall–Kier alpha value is -3.08. The van der Waals surface area contributed by atoms with Crippen LogP contribution in [0, 0.1) is 5.92 Å². The van der Waals surface area contributed by atoms with Gasteiger partial charge in [-0.25, -0.2) is 0 Å². The number of ketones is 1. The SMILES string of the molecule is COc1ccc(C(=O)c2ccc(CO[C@@H]3C[C@H](OC4CCCCO4)[C@@H](N4CCOCC4)[C@@H]3C/C=C\CCCC(=O)O)cc2)cc1. The van der Waals surface area contributed by atoms with Crippen LogP contribution in [0.3, 0.4) is 0 Å². The predicted molar refractivity (Wildman–Crippen MR) is 169 cm³/mol. The summed E-state index contributed by atoms with van der Waals surface area (Å²) in [5.74, 6) is 0.119. The van der Waals surface area contributed by atoms with E-state index in [9.17, 15) is 9.59 Å². The van der Waals surface area contributed by atoms with Gasteiger partial charge in [-0.1, -0.05) is 36.4 Å². The number of aliphatic carboxylic acids is 1. The number of ether oxygens (including phenoxy) is 5. The molecule has 0 amide bonds. The number of allylic oxidation sites excluding steroid dienone is 2. The lowest BCUT2D eigenvalue weighted by molar-refractivity contribution is -0.200. The maximum atomic E-state index is 13.0. The molecule has 1 aliphatic carbocycles. The van der Waals surface area contributed by atoms with Crippen molar-refractivity contribution in [2.45, 2.75) is 82.5 Å². The minimum absolute atomic E-state index is 0.0221. The summed E-state index contributed by atoms with van der Waals surface area (Å²) >= 11 is 0. The van der Waals surface area contributed by atoms with Gasteiger partial charge >= 0.3 is 5.97 Å². The van der Waals surface area contributed by atoms with Gasteiger partial charge in [-0.3, -0.25) is 14.5 Å². The molecule has 5 rings (SSSR count). The zero-order chi connectivity index (χ0) is 31.4. The fourth-order valence-electron chi connectivity index (χ4n) is 6.66. The number of rotatable bonds is 15. The third-order valence-electron chi connectivity index (χ3n) is 9.06. The highest BCUT2D eigenvalue weighted by atomic mass is 16.7. The topological polar surface area (TPSA) is 104 Å². The molecule has 9 heteroatoms. The smallest absolute Gasteiger partial charge is 0.303 e. The number of hydrogen-bond donors (Lipinski definition) is 1. The molecule has 0 spiro atoms. The molecule has 5 atom stereocenters. The van der Waals surface area contributed by atoms with Crippen LogP contribution in [-0.2, 0) is 30.3 Å². The van der Waals surface area contributed by atoms with Crippen molar-refractivity contribution in [3.05, 3.63) is 77.4 Å². The van der Waals surface area contributed by atoms with Crippen LogP contribution < -0.4 is 4.74 Å². The maximum Gasteiger partial charge on any atom is 0.303 e. The average molecular weight is 622 g/mol. The third-order valence-corrected chi connectivity index (χ3v) is 9.06. The quantitative estimate of drug-likeness (QED) is 0.154. The van der Waals surface area contributed by atoms with Crippen LogP contribution in [0.25, 0.3) is 0 Å². The van der Waals surface area contributed by atoms with Gasteiger partial charge in [-0.05, 0) is 68.4 Å². The summed E-state index contributed by atoms with van der Waals surface area (Å²) in [5.41, 5.74) is 2.25. The van der Waals surface area contributed by atoms with Gasteiger partial charge in [-0.15, -0.1) is 0 Å². The van der Waals surface area contributed by atoms with Crippen LogP contribution in [0.4, 0.5) is 0 Å². The lowest BCUT2D eigenvalue weighted by Gasteiger charge is -2.39. The van der Waals surface area contributed by atoms with E-state index in [1.165, 1.54) is 0 Å². The Morgan fingerprint density at radius 2 is 1.69 bits per heavy atom. The lowest BCUT2D eigenvalue weighted by atomic mass is 9.94. The zero-order valence-electron chi connectivity index (χ0n) is 26.3. The van der Waals surface area contributed by atoms with E-state index >= 15 is 0 Å². The van der Waals surface area contributed by atoms with Crippen LogP contribution in [0.5, 0.6) is 5.75 Å². The third kappa shape index (κ3) is 9.47. The number of benzene rings is 2. The van der Waals surface area contributed by atoms with Gasteiger partial charge < -0.3 is 28.8 Å². The summed E-state index contributed by atoms with van der Waals surface area (Å²) in [6.07, 6.45) is 10.3. The minimum Gasteiger partial charge on any atom is -0.497 e. The molecule has 1 saturated carbocycles. The molecule has 0 bridgehead atoms. The van der Waals surface area contributed by atoms with Crippen molar-refractivity contribution in [1.29, 1.82) is 0 Å². The molecule has 0 radical (unpaired) electrons. The van der Waals surface area contributed by atoms with Gasteiger partial charge in [0.05, 0.1) is 39.1 Å². The highest BCUT2D eigenvalue weighted by molar-refractivity contribution is 6.09. The second-order valence-electron chi connectivity index (χ2n) is 12.1. The number of morpholine rings is 1. The summed E-state index contributed by atoms with van der Waals surface area (Å²) in [4.78, 5) is 26.4. The lowest BCUT2D eigenvalue weighted by Crippen LogP contribution is -2.51. The fraction of sp³-hybridized carbons (Fsp3) is 0.556. The normalized spacial score (nSPS) is 25.8. The molecule has 1 unspecified atom stereocenters. The van der Waals surface area contributed by atoms with Crippen molar-refractivity contribution < 1.29 is 38.4 Å². The molecule has 2 heterocycles. The van der Waals surface area contributed by atoms with Crippen LogP contribution in [0.15, 0.2) is 60.7 Å². The number of unbranched alkanes of at least 4 members (excludes halogenated alkanes) is 1. The molecular formula is C36H47NO8. The Balaban J connectivity index is 1.27. The van der Waals surface area contributed by atoms with Gasteiger partial charge in [0.25, 0.3) is 0 Å². The predicted octanol–water partition coefficient (Wildman–Crippen LogP) is 5.65. The van der Waals surface area contributed by atoms with E-state index in [0.29, 0.717) is 43.1 Å². The first-order valence-corrected chi connectivity index (χ1v) is 16.4. The van der Waals surface area contributed by atoms with Gasteiger partial charge in [0, 0.05) is 55.6 Å². The number of nitrogens with zero attached hydrogens (tertiary/aromatic N) is 1. The minimum atomic E-state index is -0.761. The molecule has 2 aromatic rings. The summed E-state index contributed by atoms with van der Waals surface area (Å²) in [6, 6.07) is 15.0. The Labute approximate surface area is 266 Å². The molecule has 0 aromatic heterocycles. The number of methoxy groups -OCH3 is 1. The van der Waals surface area contributed by atoms with Crippen LogP contribution >= 0.6 is 0 Å². The Morgan fingerprint density at radius 3 is 2.36 bits per heavy atom. The van der Waals surface area contributed by atoms with Crippen molar-refractivity contribution in [3.8, 4) is 5.75 Å². The summed E-state index contributed by atoms with van der Waals surface area (Å²) in [5, 5.41) is 8.98. The first kappa shape index (κ1) is 33.3. The summed E-state index contributed by atoms with van der Waals surface area (Å²) < 4.78 is 30.2. The van der Waals surface area contributed by atoms with E-state index in [0.717, 1.165) is 63.8 Å². The molecular weight excluding hydrogens is 574 g/mol. The van der Waals surface area contributed by atoms with E-state index in [4.69, 9.17) is 28.8 Å². The largest absolute Gasteiger partial charge is 0.497 e. The summed E-state index contributed by atoms with van der Waals surface area (Å²) in [7, 11) is 1.61. The molecule has 244 valence electrons. The zero-order valence-corrected chi connectivity index (χ0v) is 26.3. The van der Waals surface area contributed by atoms with E-state index in [1.807, 2.05) is 24.3 Å². The monoisotopic (exact) mass is 621 g/mol. The Morgan fingerprint density at radius 1 is 0.956 bits per heavy atom. The number of carboxylic acid groups (broad SMARTS) is 1. The van der Waals surface area contributed by atoms with Crippen molar-refractivity contribution >= 4 is 11.8 Å². The van der Waals surface area contributed by atoms with Gasteiger partial charge in [0.15, 0.2) is 12.1 Å². The Kier molecular flexibility index (Phi) is 12.6. The summed E-state index contributed by atoms with van der Waals surface area (Å²) in [6.45, 7) is 4.28. The molecule has 3 fully saturated rings. The van der Waals surface area contributed by atoms with E-state index in [1.54, 1.807) is 31.4 Å². The van der Waals surface area contributed by atoms with Crippen molar-refractivity contribution in [3.63, 3.8) is 0 Å². The maximum absolute atomic E-state index is 13.0. The van der Waals surface area contributed by atoms with E-state index in [2.05, 4.69) is 17.1 Å². The van der Waals surface area contributed by atoms with E-state index < -0.39 is 5.97 Å². The highest BCUT2D eigenvalue weighted by Gasteiger charge is 2.48. The number of carbonyl (C=O) groups is 2. The second kappa shape index (κ2) is 17.0. The van der Waals surface area contributed by atoms with Crippen LogP contribution in [-0.4, -0.2) is 86.3 Å². The van der Waals surface area contributed by atoms with Gasteiger partial charge in [-0.2, -0.15) is 0 Å². The fourth-order valence-corrected chi connectivity index (χ4v) is 6.66. The standard InChI is InChI=1S/C36H47NO8/c1-41-29-17-15-28(16-18-29)36(40)27-13-11-26(12-14-27)25-44-31-24-32(45-34-10-6-7-21-43-34)35(37-19-22-42-23-20-37)30(31)8-4-2-3-5-9-33(38)39/h2,4,11-18,30-32,34-35H,3,5-10,19-25H2,1H3,(H,38,39)/b4-2-/t30-,31-,32+,34?,35+/m1/s1. The number of carbonyl (C=O) groups excluding carboxylic acids is 1. The molecule has 9 nitrogen and oxygen atoms in total. The van der Waals surface area contributed by atoms with Crippen LogP contribution in [0.2, 0.25) is 0 Å². The van der Waals surface area contributed by atoms with Crippen molar-refractivity contribution in [2.75, 3.05) is 40.0 Å². The molecule has 2 aromatic carbocycles. The van der Waals surface area contributed by atoms with Crippen LogP contribution in [0.1, 0.15) is 72.9 Å². The number of carboxylic acids is 1. The highest BCUT2D eigenvalue weighted by Crippen LogP contribution is 2.39. The molecule has 2 saturated heterocycles.